The Hall–Kier alpha value is 0.320. The van der Waals surface area contributed by atoms with Gasteiger partial charge in [0, 0.05) is 20.7 Å². The van der Waals surface area contributed by atoms with Gasteiger partial charge in [-0.2, -0.15) is 0 Å². The quantitative estimate of drug-likeness (QED) is 0.588. The summed E-state index contributed by atoms with van der Waals surface area (Å²) in [7, 11) is -1.15. The van der Waals surface area contributed by atoms with Gasteiger partial charge in [-0.15, -0.1) is 0 Å². The van der Waals surface area contributed by atoms with Crippen molar-refractivity contribution in [3.63, 3.8) is 0 Å². The van der Waals surface area contributed by atoms with Crippen molar-refractivity contribution in [2.75, 3.05) is 0 Å². The zero-order valence-electron chi connectivity index (χ0n) is 8.80. The maximum Gasteiger partial charge on any atom is 0.0554 e. The minimum atomic E-state index is -1.15. The lowest BCUT2D eigenvalue weighted by molar-refractivity contribution is 1.75. The maximum atomic E-state index is 6.46. The topological polar surface area (TPSA) is 0 Å². The summed E-state index contributed by atoms with van der Waals surface area (Å²) in [6, 6.07) is 10.5. The van der Waals surface area contributed by atoms with Crippen molar-refractivity contribution >= 4 is 75.5 Å². The molecule has 0 aliphatic heterocycles. The summed E-state index contributed by atoms with van der Waals surface area (Å²) in [5.74, 6) is 0. The summed E-state index contributed by atoms with van der Waals surface area (Å²) >= 11 is 30.4. The molecule has 0 atom stereocenters. The standard InChI is InChI=1S/C12H6Cl5P/c13-7-1-3-11(9(15)5-7)18(17)12-4-2-8(14)6-10(12)16/h1-6H. The zero-order chi connectivity index (χ0) is 13.3. The number of halogens is 5. The molecule has 2 aromatic rings. The molecular formula is C12H6Cl5P. The molecule has 18 heavy (non-hydrogen) atoms. The molecule has 94 valence electrons. The minimum absolute atomic E-state index is 0.537. The highest BCUT2D eigenvalue weighted by Crippen LogP contribution is 2.43. The predicted molar refractivity (Wildman–Crippen MR) is 85.0 cm³/mol. The summed E-state index contributed by atoms with van der Waals surface area (Å²) in [6.07, 6.45) is 0. The van der Waals surface area contributed by atoms with Gasteiger partial charge in [0.25, 0.3) is 0 Å². The maximum absolute atomic E-state index is 6.46. The second kappa shape index (κ2) is 6.18. The molecule has 0 aliphatic rings. The van der Waals surface area contributed by atoms with Gasteiger partial charge in [0.2, 0.25) is 0 Å². The molecule has 0 bridgehead atoms. The molecule has 2 rings (SSSR count). The van der Waals surface area contributed by atoms with Crippen molar-refractivity contribution < 1.29 is 0 Å². The first-order valence-corrected chi connectivity index (χ1v) is 8.61. The predicted octanol–water partition coefficient (Wildman–Crippen LogP) is 5.89. The molecule has 0 heterocycles. The fourth-order valence-corrected chi connectivity index (χ4v) is 5.05. The van der Waals surface area contributed by atoms with E-state index in [4.69, 9.17) is 57.6 Å². The third-order valence-corrected chi connectivity index (χ3v) is 6.32. The minimum Gasteiger partial charge on any atom is -0.0858 e. The van der Waals surface area contributed by atoms with Crippen molar-refractivity contribution in [2.24, 2.45) is 0 Å². The molecule has 0 saturated carbocycles. The lowest BCUT2D eigenvalue weighted by Gasteiger charge is -2.14. The normalized spacial score (nSPS) is 11.0. The van der Waals surface area contributed by atoms with Gasteiger partial charge in [-0.3, -0.25) is 0 Å². The number of hydrogen-bond acceptors (Lipinski definition) is 0. The van der Waals surface area contributed by atoms with Crippen LogP contribution in [0.2, 0.25) is 20.1 Å². The molecule has 0 aromatic heterocycles. The molecule has 0 N–H and O–H groups in total. The Bertz CT molecular complexity index is 533. The molecule has 0 nitrogen and oxygen atoms in total. The average Bonchev–Trinajstić information content (AvgIpc) is 2.28. The van der Waals surface area contributed by atoms with Gasteiger partial charge < -0.3 is 0 Å². The Kier molecular flexibility index (Phi) is 5.06. The van der Waals surface area contributed by atoms with Crippen LogP contribution in [0.4, 0.5) is 0 Å². The molecular weight excluding hydrogens is 352 g/mol. The van der Waals surface area contributed by atoms with Gasteiger partial charge in [0.1, 0.15) is 0 Å². The van der Waals surface area contributed by atoms with Crippen molar-refractivity contribution in [1.82, 2.24) is 0 Å². The summed E-state index contributed by atoms with van der Waals surface area (Å²) in [6.45, 7) is 0. The van der Waals surface area contributed by atoms with E-state index in [0.29, 0.717) is 20.1 Å². The Balaban J connectivity index is 2.44. The first-order chi connectivity index (χ1) is 8.49. The fraction of sp³-hybridized carbons (Fsp3) is 0. The molecule has 0 saturated heterocycles. The van der Waals surface area contributed by atoms with Gasteiger partial charge in [0.15, 0.2) is 0 Å². The summed E-state index contributed by atoms with van der Waals surface area (Å²) in [5.41, 5.74) is 0. The van der Waals surface area contributed by atoms with E-state index in [1.54, 1.807) is 24.3 Å². The van der Waals surface area contributed by atoms with E-state index in [2.05, 4.69) is 0 Å². The number of rotatable bonds is 2. The van der Waals surface area contributed by atoms with Crippen LogP contribution in [-0.2, 0) is 0 Å². The molecule has 0 unspecified atom stereocenters. The van der Waals surface area contributed by atoms with Crippen molar-refractivity contribution in [3.05, 3.63) is 56.5 Å². The van der Waals surface area contributed by atoms with Crippen LogP contribution >= 0.6 is 64.9 Å². The zero-order valence-corrected chi connectivity index (χ0v) is 13.5. The highest BCUT2D eigenvalue weighted by Gasteiger charge is 2.17. The van der Waals surface area contributed by atoms with Crippen LogP contribution in [0, 0.1) is 0 Å². The van der Waals surface area contributed by atoms with Crippen LogP contribution in [0.25, 0.3) is 0 Å². The van der Waals surface area contributed by atoms with Gasteiger partial charge in [0.05, 0.1) is 17.3 Å². The van der Waals surface area contributed by atoms with Gasteiger partial charge in [-0.1, -0.05) is 69.8 Å². The van der Waals surface area contributed by atoms with E-state index in [0.717, 1.165) is 10.6 Å². The lowest BCUT2D eigenvalue weighted by atomic mass is 10.3. The van der Waals surface area contributed by atoms with E-state index in [9.17, 15) is 0 Å². The summed E-state index contributed by atoms with van der Waals surface area (Å²) in [5, 5.41) is 3.87. The molecule has 0 fully saturated rings. The Morgan fingerprint density at radius 1 is 0.667 bits per heavy atom. The van der Waals surface area contributed by atoms with Crippen molar-refractivity contribution in [3.8, 4) is 0 Å². The van der Waals surface area contributed by atoms with E-state index < -0.39 is 7.27 Å². The van der Waals surface area contributed by atoms with E-state index in [1.165, 1.54) is 0 Å². The molecule has 0 radical (unpaired) electrons. The number of benzene rings is 2. The highest BCUT2D eigenvalue weighted by atomic mass is 35.7. The van der Waals surface area contributed by atoms with Crippen molar-refractivity contribution in [2.45, 2.75) is 0 Å². The summed E-state index contributed by atoms with van der Waals surface area (Å²) < 4.78 is 0. The van der Waals surface area contributed by atoms with Crippen LogP contribution in [-0.4, -0.2) is 0 Å². The molecule has 0 amide bonds. The Morgan fingerprint density at radius 3 is 1.39 bits per heavy atom. The molecule has 2 aromatic carbocycles. The molecule has 0 aliphatic carbocycles. The molecule has 6 heteroatoms. The SMILES string of the molecule is Clc1ccc(P(Cl)c2ccc(Cl)cc2Cl)c(Cl)c1. The first kappa shape index (κ1) is 14.7. The number of hydrogen-bond donors (Lipinski definition) is 0. The second-order valence-electron chi connectivity index (χ2n) is 3.47. The largest absolute Gasteiger partial charge is 0.0858 e. The van der Waals surface area contributed by atoms with E-state index in [-0.39, 0.29) is 0 Å². The van der Waals surface area contributed by atoms with Crippen LogP contribution in [0.5, 0.6) is 0 Å². The second-order valence-corrected chi connectivity index (χ2v) is 7.70. The third-order valence-electron chi connectivity index (χ3n) is 2.24. The smallest absolute Gasteiger partial charge is 0.0554 e. The molecule has 0 spiro atoms. The fourth-order valence-electron chi connectivity index (χ4n) is 1.41. The van der Waals surface area contributed by atoms with Crippen LogP contribution in [0.1, 0.15) is 0 Å². The van der Waals surface area contributed by atoms with E-state index >= 15 is 0 Å². The van der Waals surface area contributed by atoms with Gasteiger partial charge in [-0.25, -0.2) is 0 Å². The van der Waals surface area contributed by atoms with Gasteiger partial charge >= 0.3 is 0 Å². The van der Waals surface area contributed by atoms with Crippen LogP contribution in [0.15, 0.2) is 36.4 Å². The Labute approximate surface area is 131 Å². The average molecular weight is 358 g/mol. The Morgan fingerprint density at radius 2 is 1.06 bits per heavy atom. The first-order valence-electron chi connectivity index (χ1n) is 4.85. The monoisotopic (exact) mass is 356 g/mol. The highest BCUT2D eigenvalue weighted by molar-refractivity contribution is 7.96. The third kappa shape index (κ3) is 3.25. The van der Waals surface area contributed by atoms with Gasteiger partial charge in [-0.05, 0) is 24.3 Å². The summed E-state index contributed by atoms with van der Waals surface area (Å²) in [4.78, 5) is 0. The van der Waals surface area contributed by atoms with Crippen LogP contribution < -0.4 is 10.6 Å². The van der Waals surface area contributed by atoms with Crippen LogP contribution in [0.3, 0.4) is 0 Å². The van der Waals surface area contributed by atoms with E-state index in [1.807, 2.05) is 12.1 Å². The lowest BCUT2D eigenvalue weighted by Crippen LogP contribution is -2.10. The van der Waals surface area contributed by atoms with Crippen molar-refractivity contribution in [1.29, 1.82) is 0 Å².